The van der Waals surface area contributed by atoms with E-state index in [4.69, 9.17) is 0 Å². The van der Waals surface area contributed by atoms with E-state index < -0.39 is 11.8 Å². The maximum absolute atomic E-state index is 12.9. The summed E-state index contributed by atoms with van der Waals surface area (Å²) in [4.78, 5) is 0. The molecule has 1 unspecified atom stereocenters. The number of hydrogen-bond donors (Lipinski definition) is 0. The van der Waals surface area contributed by atoms with Crippen molar-refractivity contribution in [2.75, 3.05) is 0 Å². The lowest BCUT2D eigenvalue weighted by Gasteiger charge is -2.36. The fourth-order valence-electron chi connectivity index (χ4n) is 1.53. The summed E-state index contributed by atoms with van der Waals surface area (Å²) in [5.74, 6) is -3.19. The smallest absolute Gasteiger partial charge is 0.201 e. The van der Waals surface area contributed by atoms with E-state index in [0.29, 0.717) is 0 Å². The van der Waals surface area contributed by atoms with Crippen molar-refractivity contribution < 1.29 is 8.78 Å². The van der Waals surface area contributed by atoms with Crippen molar-refractivity contribution in [1.82, 2.24) is 0 Å². The van der Waals surface area contributed by atoms with Crippen LogP contribution in [0.5, 0.6) is 0 Å². The van der Waals surface area contributed by atoms with Gasteiger partial charge >= 0.3 is 0 Å². The predicted octanol–water partition coefficient (Wildman–Crippen LogP) is 2.90. The van der Waals surface area contributed by atoms with Crippen molar-refractivity contribution in [1.29, 1.82) is 0 Å². The van der Waals surface area contributed by atoms with Gasteiger partial charge < -0.3 is 0 Å². The van der Waals surface area contributed by atoms with Gasteiger partial charge in [0.1, 0.15) is 0 Å². The van der Waals surface area contributed by atoms with E-state index in [0.717, 1.165) is 5.56 Å². The molecule has 1 aliphatic rings. The second-order valence-electron chi connectivity index (χ2n) is 2.93. The van der Waals surface area contributed by atoms with Gasteiger partial charge in [-0.05, 0) is 5.56 Å². The third-order valence-corrected chi connectivity index (χ3v) is 2.33. The van der Waals surface area contributed by atoms with Crippen molar-refractivity contribution in [2.45, 2.75) is 18.8 Å². The van der Waals surface area contributed by atoms with Crippen LogP contribution in [0, 0.1) is 0 Å². The standard InChI is InChI=1S/C9H8F2/c1-6-7-4-2-3-5-8(7)9(6,10)11/h2-6H,1H3. The van der Waals surface area contributed by atoms with Crippen LogP contribution in [0.2, 0.25) is 0 Å². The first kappa shape index (κ1) is 6.77. The molecular formula is C9H8F2. The number of alkyl halides is 2. The summed E-state index contributed by atoms with van der Waals surface area (Å²) in [7, 11) is 0. The molecule has 0 nitrogen and oxygen atoms in total. The van der Waals surface area contributed by atoms with Crippen LogP contribution >= 0.6 is 0 Å². The maximum Gasteiger partial charge on any atom is 0.279 e. The van der Waals surface area contributed by atoms with Gasteiger partial charge in [-0.3, -0.25) is 0 Å². The number of rotatable bonds is 0. The summed E-state index contributed by atoms with van der Waals surface area (Å²) in [6.45, 7) is 1.56. The van der Waals surface area contributed by atoms with E-state index in [1.807, 2.05) is 0 Å². The van der Waals surface area contributed by atoms with E-state index in [9.17, 15) is 8.78 Å². The summed E-state index contributed by atoms with van der Waals surface area (Å²) in [5, 5.41) is 0. The lowest BCUT2D eigenvalue weighted by Crippen LogP contribution is -2.33. The van der Waals surface area contributed by atoms with Crippen LogP contribution in [-0.2, 0) is 5.92 Å². The van der Waals surface area contributed by atoms with Crippen molar-refractivity contribution in [3.05, 3.63) is 35.4 Å². The van der Waals surface area contributed by atoms with Crippen LogP contribution in [-0.4, -0.2) is 0 Å². The molecule has 0 spiro atoms. The fraction of sp³-hybridized carbons (Fsp3) is 0.333. The van der Waals surface area contributed by atoms with Crippen LogP contribution in [0.1, 0.15) is 24.0 Å². The predicted molar refractivity (Wildman–Crippen MR) is 38.8 cm³/mol. The monoisotopic (exact) mass is 154 g/mol. The van der Waals surface area contributed by atoms with Gasteiger partial charge in [0, 0.05) is 11.5 Å². The minimum Gasteiger partial charge on any atom is -0.201 e. The maximum atomic E-state index is 12.9. The molecule has 1 atom stereocenters. The fourth-order valence-corrected chi connectivity index (χ4v) is 1.53. The van der Waals surface area contributed by atoms with Gasteiger partial charge in [0.05, 0.1) is 0 Å². The minimum atomic E-state index is -2.59. The lowest BCUT2D eigenvalue weighted by molar-refractivity contribution is -0.0560. The molecule has 0 bridgehead atoms. The molecule has 58 valence electrons. The molecule has 0 radical (unpaired) electrons. The third-order valence-electron chi connectivity index (χ3n) is 2.33. The minimum absolute atomic E-state index is 0.201. The molecule has 0 heterocycles. The largest absolute Gasteiger partial charge is 0.279 e. The lowest BCUT2D eigenvalue weighted by atomic mass is 9.75. The van der Waals surface area contributed by atoms with Crippen LogP contribution in [0.4, 0.5) is 8.78 Å². The average molecular weight is 154 g/mol. The van der Waals surface area contributed by atoms with Crippen molar-refractivity contribution in [3.63, 3.8) is 0 Å². The highest BCUT2D eigenvalue weighted by atomic mass is 19.3. The summed E-state index contributed by atoms with van der Waals surface area (Å²) in [6.07, 6.45) is 0. The summed E-state index contributed by atoms with van der Waals surface area (Å²) < 4.78 is 25.8. The number of benzene rings is 1. The van der Waals surface area contributed by atoms with Crippen molar-refractivity contribution >= 4 is 0 Å². The molecular weight excluding hydrogens is 146 g/mol. The highest BCUT2D eigenvalue weighted by Gasteiger charge is 2.50. The zero-order valence-electron chi connectivity index (χ0n) is 6.14. The van der Waals surface area contributed by atoms with Crippen molar-refractivity contribution in [3.8, 4) is 0 Å². The number of halogens is 2. The Bertz CT molecular complexity index is 291. The molecule has 2 rings (SSSR count). The zero-order valence-corrected chi connectivity index (χ0v) is 6.14. The molecule has 0 aliphatic heterocycles. The quantitative estimate of drug-likeness (QED) is 0.539. The van der Waals surface area contributed by atoms with E-state index in [1.165, 1.54) is 6.07 Å². The van der Waals surface area contributed by atoms with Gasteiger partial charge in [0.25, 0.3) is 5.92 Å². The summed E-state index contributed by atoms with van der Waals surface area (Å²) >= 11 is 0. The van der Waals surface area contributed by atoms with Crippen LogP contribution in [0.3, 0.4) is 0 Å². The van der Waals surface area contributed by atoms with Crippen molar-refractivity contribution in [2.24, 2.45) is 0 Å². The Labute approximate surface area is 63.9 Å². The van der Waals surface area contributed by atoms with E-state index in [1.54, 1.807) is 25.1 Å². The first-order valence-corrected chi connectivity index (χ1v) is 3.61. The molecule has 0 N–H and O–H groups in total. The van der Waals surface area contributed by atoms with Crippen LogP contribution < -0.4 is 0 Å². The van der Waals surface area contributed by atoms with Crippen LogP contribution in [0.15, 0.2) is 24.3 Å². The van der Waals surface area contributed by atoms with Gasteiger partial charge in [-0.2, -0.15) is 0 Å². The molecule has 2 heteroatoms. The molecule has 0 saturated carbocycles. The molecule has 1 aliphatic carbocycles. The second kappa shape index (κ2) is 1.81. The molecule has 1 aromatic rings. The van der Waals surface area contributed by atoms with Gasteiger partial charge in [-0.15, -0.1) is 0 Å². The zero-order chi connectivity index (χ0) is 8.06. The van der Waals surface area contributed by atoms with Crippen LogP contribution in [0.25, 0.3) is 0 Å². The Morgan fingerprint density at radius 1 is 1.27 bits per heavy atom. The van der Waals surface area contributed by atoms with Gasteiger partial charge in [-0.1, -0.05) is 31.2 Å². The third kappa shape index (κ3) is 0.669. The average Bonchev–Trinajstić information content (AvgIpc) is 2.04. The Hall–Kier alpha value is -0.920. The molecule has 0 aromatic heterocycles. The second-order valence-corrected chi connectivity index (χ2v) is 2.93. The Kier molecular flexibility index (Phi) is 1.12. The number of hydrogen-bond acceptors (Lipinski definition) is 0. The highest BCUT2D eigenvalue weighted by molar-refractivity contribution is 5.44. The summed E-state index contributed by atoms with van der Waals surface area (Å²) in [5.41, 5.74) is 0.991. The Morgan fingerprint density at radius 2 is 1.91 bits per heavy atom. The van der Waals surface area contributed by atoms with E-state index in [2.05, 4.69) is 0 Å². The van der Waals surface area contributed by atoms with E-state index in [-0.39, 0.29) is 5.56 Å². The first-order valence-electron chi connectivity index (χ1n) is 3.61. The SMILES string of the molecule is CC1c2ccccc2C1(F)F. The van der Waals surface area contributed by atoms with Gasteiger partial charge in [0.15, 0.2) is 0 Å². The number of fused-ring (bicyclic) bond motifs is 1. The van der Waals surface area contributed by atoms with Gasteiger partial charge in [-0.25, -0.2) is 8.78 Å². The highest BCUT2D eigenvalue weighted by Crippen LogP contribution is 2.53. The Morgan fingerprint density at radius 3 is 2.55 bits per heavy atom. The first-order chi connectivity index (χ1) is 5.14. The van der Waals surface area contributed by atoms with Gasteiger partial charge in [0.2, 0.25) is 0 Å². The molecule has 11 heavy (non-hydrogen) atoms. The molecule has 1 aromatic carbocycles. The normalized spacial score (nSPS) is 25.5. The topological polar surface area (TPSA) is 0 Å². The molecule has 0 saturated heterocycles. The molecule has 0 amide bonds. The Balaban J connectivity index is 2.56. The van der Waals surface area contributed by atoms with E-state index >= 15 is 0 Å². The summed E-state index contributed by atoms with van der Waals surface area (Å²) in [6, 6.07) is 6.70. The molecule has 0 fully saturated rings.